The van der Waals surface area contributed by atoms with E-state index in [0.29, 0.717) is 5.92 Å². The molecule has 1 fully saturated rings. The van der Waals surface area contributed by atoms with Crippen molar-refractivity contribution in [1.29, 1.82) is 0 Å². The van der Waals surface area contributed by atoms with Crippen LogP contribution in [-0.2, 0) is 0 Å². The van der Waals surface area contributed by atoms with Crippen molar-refractivity contribution in [3.63, 3.8) is 0 Å². The number of hydrogen-bond donors (Lipinski definition) is 2. The Morgan fingerprint density at radius 2 is 1.44 bits per heavy atom. The third-order valence-corrected chi connectivity index (χ3v) is 3.25. The lowest BCUT2D eigenvalue weighted by atomic mass is 9.94. The molecule has 0 spiro atoms. The van der Waals surface area contributed by atoms with Crippen molar-refractivity contribution in [3.05, 3.63) is 54.1 Å². The number of ether oxygens (including phenoxy) is 1. The molecule has 1 aliphatic heterocycles. The van der Waals surface area contributed by atoms with Gasteiger partial charge in [0.15, 0.2) is 0 Å². The smallest absolute Gasteiger partial charge is 0.127 e. The van der Waals surface area contributed by atoms with Crippen LogP contribution in [-0.4, -0.2) is 13.1 Å². The predicted molar refractivity (Wildman–Crippen MR) is 73.0 cm³/mol. The van der Waals surface area contributed by atoms with E-state index < -0.39 is 0 Å². The molecule has 3 heteroatoms. The fourth-order valence-electron chi connectivity index (χ4n) is 2.00. The lowest BCUT2D eigenvalue weighted by molar-refractivity contribution is 0.446. The van der Waals surface area contributed by atoms with Crippen LogP contribution in [0.1, 0.15) is 11.5 Å². The van der Waals surface area contributed by atoms with Gasteiger partial charge in [0.2, 0.25) is 0 Å². The third kappa shape index (κ3) is 2.31. The second-order valence-electron chi connectivity index (χ2n) is 4.60. The minimum atomic E-state index is 0.663. The zero-order valence-corrected chi connectivity index (χ0v) is 10.1. The number of nitrogens with two attached hydrogens (primary N) is 1. The molecule has 18 heavy (non-hydrogen) atoms. The van der Waals surface area contributed by atoms with Gasteiger partial charge in [-0.3, -0.25) is 0 Å². The largest absolute Gasteiger partial charge is 0.457 e. The molecule has 3 rings (SSSR count). The van der Waals surface area contributed by atoms with E-state index in [9.17, 15) is 0 Å². The Morgan fingerprint density at radius 1 is 0.889 bits per heavy atom. The molecule has 0 atom stereocenters. The van der Waals surface area contributed by atoms with Crippen molar-refractivity contribution in [3.8, 4) is 11.5 Å². The fraction of sp³-hybridized carbons (Fsp3) is 0.200. The zero-order chi connectivity index (χ0) is 12.4. The molecule has 1 saturated heterocycles. The minimum absolute atomic E-state index is 0.663. The van der Waals surface area contributed by atoms with E-state index in [4.69, 9.17) is 10.5 Å². The predicted octanol–water partition coefficient (Wildman–Crippen LogP) is 2.75. The van der Waals surface area contributed by atoms with Crippen molar-refractivity contribution < 1.29 is 4.74 Å². The molecule has 0 unspecified atom stereocenters. The van der Waals surface area contributed by atoms with Gasteiger partial charge < -0.3 is 15.8 Å². The van der Waals surface area contributed by atoms with Gasteiger partial charge >= 0.3 is 0 Å². The summed E-state index contributed by atoms with van der Waals surface area (Å²) in [5, 5.41) is 3.28. The van der Waals surface area contributed by atoms with Crippen molar-refractivity contribution >= 4 is 5.69 Å². The normalized spacial score (nSPS) is 15.1. The average Bonchev–Trinajstić information content (AvgIpc) is 2.32. The van der Waals surface area contributed by atoms with Crippen molar-refractivity contribution in [2.45, 2.75) is 5.92 Å². The van der Waals surface area contributed by atoms with Crippen LogP contribution in [0, 0.1) is 0 Å². The third-order valence-electron chi connectivity index (χ3n) is 3.25. The van der Waals surface area contributed by atoms with Crippen LogP contribution >= 0.6 is 0 Å². The summed E-state index contributed by atoms with van der Waals surface area (Å²) >= 11 is 0. The number of rotatable bonds is 3. The topological polar surface area (TPSA) is 47.3 Å². The lowest BCUT2D eigenvalue weighted by Gasteiger charge is -2.27. The average molecular weight is 240 g/mol. The molecule has 3 nitrogen and oxygen atoms in total. The van der Waals surface area contributed by atoms with Crippen LogP contribution in [0.5, 0.6) is 11.5 Å². The van der Waals surface area contributed by atoms with E-state index in [2.05, 4.69) is 17.4 Å². The molecule has 0 aliphatic carbocycles. The van der Waals surface area contributed by atoms with Crippen molar-refractivity contribution in [1.82, 2.24) is 5.32 Å². The maximum atomic E-state index is 5.75. The molecule has 0 saturated carbocycles. The Balaban J connectivity index is 1.70. The van der Waals surface area contributed by atoms with Gasteiger partial charge in [-0.1, -0.05) is 12.1 Å². The molecule has 1 aliphatic rings. The zero-order valence-electron chi connectivity index (χ0n) is 10.1. The summed E-state index contributed by atoms with van der Waals surface area (Å²) in [6, 6.07) is 15.7. The molecule has 2 aromatic rings. The standard InChI is InChI=1S/C15H16N2O/c16-13-3-7-15(8-4-13)18-14-5-1-11(2-6-14)12-9-17-10-12/h1-8,12,17H,9-10,16H2. The van der Waals surface area contributed by atoms with E-state index >= 15 is 0 Å². The number of nitrogen functional groups attached to an aromatic ring is 1. The van der Waals surface area contributed by atoms with Gasteiger partial charge in [0.1, 0.15) is 11.5 Å². The van der Waals surface area contributed by atoms with E-state index in [1.807, 2.05) is 36.4 Å². The SMILES string of the molecule is Nc1ccc(Oc2ccc(C3CNC3)cc2)cc1. The van der Waals surface area contributed by atoms with Crippen LogP contribution in [0.4, 0.5) is 5.69 Å². The summed E-state index contributed by atoms with van der Waals surface area (Å²) < 4.78 is 5.75. The summed E-state index contributed by atoms with van der Waals surface area (Å²) in [6.45, 7) is 2.16. The van der Waals surface area contributed by atoms with Crippen LogP contribution in [0.2, 0.25) is 0 Å². The van der Waals surface area contributed by atoms with Crippen molar-refractivity contribution in [2.24, 2.45) is 0 Å². The molecule has 2 aromatic carbocycles. The van der Waals surface area contributed by atoms with E-state index in [0.717, 1.165) is 30.3 Å². The van der Waals surface area contributed by atoms with Gasteiger partial charge in [0, 0.05) is 24.7 Å². The molecule has 0 amide bonds. The first-order chi connectivity index (χ1) is 8.81. The Morgan fingerprint density at radius 3 is 1.94 bits per heavy atom. The summed E-state index contributed by atoms with van der Waals surface area (Å²) in [5.41, 5.74) is 7.75. The van der Waals surface area contributed by atoms with E-state index in [1.54, 1.807) is 0 Å². The first-order valence-corrected chi connectivity index (χ1v) is 6.15. The Bertz CT molecular complexity index is 515. The number of anilines is 1. The minimum Gasteiger partial charge on any atom is -0.457 e. The number of hydrogen-bond acceptors (Lipinski definition) is 3. The quantitative estimate of drug-likeness (QED) is 0.811. The molecular weight excluding hydrogens is 224 g/mol. The van der Waals surface area contributed by atoms with Crippen LogP contribution in [0.3, 0.4) is 0 Å². The lowest BCUT2D eigenvalue weighted by Crippen LogP contribution is -2.39. The fourth-order valence-corrected chi connectivity index (χ4v) is 2.00. The van der Waals surface area contributed by atoms with E-state index in [1.165, 1.54) is 5.56 Å². The molecule has 3 N–H and O–H groups in total. The van der Waals surface area contributed by atoms with Crippen LogP contribution in [0.15, 0.2) is 48.5 Å². The Hall–Kier alpha value is -2.00. The van der Waals surface area contributed by atoms with Crippen LogP contribution < -0.4 is 15.8 Å². The summed E-state index contributed by atoms with van der Waals surface area (Å²) in [7, 11) is 0. The van der Waals surface area contributed by atoms with Crippen molar-refractivity contribution in [2.75, 3.05) is 18.8 Å². The molecule has 92 valence electrons. The van der Waals surface area contributed by atoms with E-state index in [-0.39, 0.29) is 0 Å². The number of nitrogens with one attached hydrogen (secondary N) is 1. The van der Waals surface area contributed by atoms with Crippen LogP contribution in [0.25, 0.3) is 0 Å². The maximum Gasteiger partial charge on any atom is 0.127 e. The van der Waals surface area contributed by atoms with Gasteiger partial charge in [-0.25, -0.2) is 0 Å². The highest BCUT2D eigenvalue weighted by Crippen LogP contribution is 2.26. The van der Waals surface area contributed by atoms with Gasteiger partial charge in [-0.05, 0) is 42.0 Å². The summed E-state index contributed by atoms with van der Waals surface area (Å²) in [5.74, 6) is 2.33. The second kappa shape index (κ2) is 4.70. The second-order valence-corrected chi connectivity index (χ2v) is 4.60. The highest BCUT2D eigenvalue weighted by atomic mass is 16.5. The van der Waals surface area contributed by atoms with Gasteiger partial charge in [-0.2, -0.15) is 0 Å². The maximum absolute atomic E-state index is 5.75. The highest BCUT2D eigenvalue weighted by Gasteiger charge is 2.18. The van der Waals surface area contributed by atoms with Gasteiger partial charge in [0.05, 0.1) is 0 Å². The molecule has 0 radical (unpaired) electrons. The first-order valence-electron chi connectivity index (χ1n) is 6.15. The molecule has 0 aromatic heterocycles. The summed E-state index contributed by atoms with van der Waals surface area (Å²) in [6.07, 6.45) is 0. The first kappa shape index (κ1) is 11.1. The molecule has 1 heterocycles. The Kier molecular flexibility index (Phi) is 2.90. The van der Waals surface area contributed by atoms with Gasteiger partial charge in [-0.15, -0.1) is 0 Å². The number of benzene rings is 2. The highest BCUT2D eigenvalue weighted by molar-refractivity contribution is 5.43. The monoisotopic (exact) mass is 240 g/mol. The summed E-state index contributed by atoms with van der Waals surface area (Å²) in [4.78, 5) is 0. The Labute approximate surface area is 107 Å². The molecular formula is C15H16N2O. The van der Waals surface area contributed by atoms with Gasteiger partial charge in [0.25, 0.3) is 0 Å². The molecule has 0 bridgehead atoms.